The fraction of sp³-hybridized carbons (Fsp3) is 0.733. The van der Waals surface area contributed by atoms with Gasteiger partial charge in [0.25, 0.3) is 0 Å². The molecule has 4 atom stereocenters. The van der Waals surface area contributed by atoms with Crippen molar-refractivity contribution in [1.29, 1.82) is 0 Å². The molecule has 0 saturated carbocycles. The van der Waals surface area contributed by atoms with Gasteiger partial charge in [0.1, 0.15) is 11.7 Å². The minimum atomic E-state index is -0.623. The number of alkyl carbamates (subject to hydrolysis) is 1. The molecule has 38 heavy (non-hydrogen) atoms. The van der Waals surface area contributed by atoms with E-state index in [4.69, 9.17) is 23.7 Å². The normalized spacial score (nSPS) is 19.3. The maximum absolute atomic E-state index is 12.8. The van der Waals surface area contributed by atoms with Crippen LogP contribution in [0.5, 0.6) is 11.5 Å². The summed E-state index contributed by atoms with van der Waals surface area (Å²) in [5.74, 6) is 1.75. The molecule has 1 saturated heterocycles. The number of nitrogens with one attached hydrogen (secondary N) is 1. The molecule has 0 bridgehead atoms. The van der Waals surface area contributed by atoms with Gasteiger partial charge in [-0.1, -0.05) is 33.8 Å². The summed E-state index contributed by atoms with van der Waals surface area (Å²) >= 11 is 0. The zero-order valence-electron chi connectivity index (χ0n) is 24.8. The molecule has 1 N–H and O–H groups in total. The van der Waals surface area contributed by atoms with Crippen LogP contribution in [0.1, 0.15) is 73.3 Å². The molecular weight excluding hydrogens is 486 g/mol. The third-order valence-corrected chi connectivity index (χ3v) is 6.99. The molecule has 1 amide bonds. The zero-order valence-corrected chi connectivity index (χ0v) is 24.8. The number of carbonyl (C=O) groups is 2. The first kappa shape index (κ1) is 31.7. The van der Waals surface area contributed by atoms with Gasteiger partial charge in [-0.2, -0.15) is 0 Å². The number of carbonyl (C=O) groups excluding carboxylic acids is 2. The van der Waals surface area contributed by atoms with Gasteiger partial charge >= 0.3 is 12.1 Å². The first-order chi connectivity index (χ1) is 17.8. The van der Waals surface area contributed by atoms with E-state index in [9.17, 15) is 9.59 Å². The van der Waals surface area contributed by atoms with Crippen LogP contribution in [0.2, 0.25) is 0 Å². The summed E-state index contributed by atoms with van der Waals surface area (Å²) in [5.41, 5.74) is 0.493. The van der Waals surface area contributed by atoms with Crippen LogP contribution >= 0.6 is 0 Å². The van der Waals surface area contributed by atoms with Crippen molar-refractivity contribution in [3.8, 4) is 11.5 Å². The maximum atomic E-state index is 12.8. The van der Waals surface area contributed by atoms with Crippen molar-refractivity contribution >= 4 is 12.1 Å². The topological polar surface area (TPSA) is 92.3 Å². The van der Waals surface area contributed by atoms with E-state index in [1.807, 2.05) is 46.8 Å². The molecule has 0 spiro atoms. The minimum Gasteiger partial charge on any atom is -0.493 e. The highest BCUT2D eigenvalue weighted by atomic mass is 16.6. The highest BCUT2D eigenvalue weighted by molar-refractivity contribution is 5.75. The van der Waals surface area contributed by atoms with Crippen LogP contribution in [0, 0.1) is 23.7 Å². The van der Waals surface area contributed by atoms with E-state index in [1.54, 1.807) is 14.2 Å². The summed E-state index contributed by atoms with van der Waals surface area (Å²) in [5, 5.41) is 3.04. The second-order valence-electron chi connectivity index (χ2n) is 11.9. The lowest BCUT2D eigenvalue weighted by Gasteiger charge is -2.31. The first-order valence-electron chi connectivity index (χ1n) is 13.8. The number of rotatable bonds is 14. The predicted octanol–water partition coefficient (Wildman–Crippen LogP) is 5.80. The summed E-state index contributed by atoms with van der Waals surface area (Å²) in [4.78, 5) is 25.4. The van der Waals surface area contributed by atoms with Gasteiger partial charge in [0.05, 0.1) is 25.7 Å². The quantitative estimate of drug-likeness (QED) is 0.238. The van der Waals surface area contributed by atoms with Crippen molar-refractivity contribution in [3.05, 3.63) is 23.8 Å². The molecule has 0 radical (unpaired) electrons. The van der Waals surface area contributed by atoms with Crippen molar-refractivity contribution < 1.29 is 33.3 Å². The lowest BCUT2D eigenvalue weighted by atomic mass is 9.81. The molecule has 0 aliphatic carbocycles. The Morgan fingerprint density at radius 1 is 1.11 bits per heavy atom. The summed E-state index contributed by atoms with van der Waals surface area (Å²) in [6.07, 6.45) is 1.91. The van der Waals surface area contributed by atoms with Gasteiger partial charge in [-0.15, -0.1) is 0 Å². The molecule has 1 aliphatic rings. The molecule has 2 rings (SSSR count). The van der Waals surface area contributed by atoms with Crippen molar-refractivity contribution in [2.24, 2.45) is 23.7 Å². The smallest absolute Gasteiger partial charge is 0.408 e. The standard InChI is InChI=1S/C30H49NO7/c1-19(2)22(15-21-11-12-25(35-9)27(16-21)36-14-10-13-34-8)17-24(31-29(33)38-30(5,6)7)26-18-23(20(3)4)28(32)37-26/h11-12,16,19-20,22-24,26H,10,13-15,17-18H2,1-9H3,(H,31,33)/t22?,23?,24-,26?/m0/s1. The molecule has 1 aliphatic heterocycles. The number of hydrogen-bond acceptors (Lipinski definition) is 7. The largest absolute Gasteiger partial charge is 0.493 e. The SMILES string of the molecule is COCCCOc1cc(CC(C[C@H](NC(=O)OC(C)(C)C)C2CC(C(C)C)C(=O)O2)C(C)C)ccc1OC. The van der Waals surface area contributed by atoms with Crippen molar-refractivity contribution in [2.75, 3.05) is 27.4 Å². The van der Waals surface area contributed by atoms with E-state index < -0.39 is 11.7 Å². The molecule has 1 fully saturated rings. The predicted molar refractivity (Wildman–Crippen MR) is 148 cm³/mol. The lowest BCUT2D eigenvalue weighted by molar-refractivity contribution is -0.146. The highest BCUT2D eigenvalue weighted by Gasteiger charge is 2.42. The molecule has 8 heteroatoms. The fourth-order valence-electron chi connectivity index (χ4n) is 4.75. The minimum absolute atomic E-state index is 0.167. The van der Waals surface area contributed by atoms with E-state index in [-0.39, 0.29) is 35.9 Å². The molecule has 3 unspecified atom stereocenters. The molecular formula is C30H49NO7. The van der Waals surface area contributed by atoms with Crippen LogP contribution in [-0.2, 0) is 25.4 Å². The zero-order chi connectivity index (χ0) is 28.5. The number of ether oxygens (including phenoxy) is 5. The average Bonchev–Trinajstić information content (AvgIpc) is 3.21. The molecule has 1 aromatic rings. The Balaban J connectivity index is 2.23. The second-order valence-corrected chi connectivity index (χ2v) is 11.9. The van der Waals surface area contributed by atoms with E-state index in [0.717, 1.165) is 18.4 Å². The third-order valence-electron chi connectivity index (χ3n) is 6.99. The first-order valence-corrected chi connectivity index (χ1v) is 13.8. The van der Waals surface area contributed by atoms with E-state index in [0.29, 0.717) is 43.5 Å². The van der Waals surface area contributed by atoms with Crippen molar-refractivity contribution in [2.45, 2.75) is 91.9 Å². The summed E-state index contributed by atoms with van der Waals surface area (Å²) in [7, 11) is 3.31. The molecule has 216 valence electrons. The number of esters is 1. The second kappa shape index (κ2) is 14.6. The monoisotopic (exact) mass is 535 g/mol. The Hall–Kier alpha value is -2.48. The Labute approximate surface area is 229 Å². The summed E-state index contributed by atoms with van der Waals surface area (Å²) in [6, 6.07) is 5.66. The van der Waals surface area contributed by atoms with Gasteiger partial charge in [-0.3, -0.25) is 4.79 Å². The van der Waals surface area contributed by atoms with Gasteiger partial charge in [-0.05, 0) is 75.5 Å². The summed E-state index contributed by atoms with van der Waals surface area (Å²) in [6.45, 7) is 15.1. The van der Waals surface area contributed by atoms with Crippen LogP contribution in [0.15, 0.2) is 18.2 Å². The third kappa shape index (κ3) is 10.0. The highest BCUT2D eigenvalue weighted by Crippen LogP contribution is 2.34. The van der Waals surface area contributed by atoms with Gasteiger partial charge in [0.15, 0.2) is 11.5 Å². The molecule has 1 heterocycles. The Morgan fingerprint density at radius 3 is 2.37 bits per heavy atom. The van der Waals surface area contributed by atoms with Crippen LogP contribution in [0.3, 0.4) is 0 Å². The maximum Gasteiger partial charge on any atom is 0.408 e. The van der Waals surface area contributed by atoms with E-state index in [1.165, 1.54) is 0 Å². The average molecular weight is 536 g/mol. The Kier molecular flexibility index (Phi) is 12.2. The van der Waals surface area contributed by atoms with Gasteiger partial charge in [0, 0.05) is 20.1 Å². The van der Waals surface area contributed by atoms with Gasteiger partial charge < -0.3 is 29.0 Å². The van der Waals surface area contributed by atoms with Crippen LogP contribution in [0.4, 0.5) is 4.79 Å². The molecule has 0 aromatic heterocycles. The van der Waals surface area contributed by atoms with Crippen LogP contribution < -0.4 is 14.8 Å². The molecule has 1 aromatic carbocycles. The number of cyclic esters (lactones) is 1. The van der Waals surface area contributed by atoms with Crippen molar-refractivity contribution in [3.63, 3.8) is 0 Å². The summed E-state index contributed by atoms with van der Waals surface area (Å²) < 4.78 is 28.0. The van der Waals surface area contributed by atoms with E-state index >= 15 is 0 Å². The van der Waals surface area contributed by atoms with E-state index in [2.05, 4.69) is 25.2 Å². The Morgan fingerprint density at radius 2 is 1.82 bits per heavy atom. The lowest BCUT2D eigenvalue weighted by Crippen LogP contribution is -2.47. The van der Waals surface area contributed by atoms with Gasteiger partial charge in [-0.25, -0.2) is 4.79 Å². The number of benzene rings is 1. The van der Waals surface area contributed by atoms with Gasteiger partial charge in [0.2, 0.25) is 0 Å². The number of amides is 1. The van der Waals surface area contributed by atoms with Crippen molar-refractivity contribution in [1.82, 2.24) is 5.32 Å². The Bertz CT molecular complexity index is 893. The number of methoxy groups -OCH3 is 2. The van der Waals surface area contributed by atoms with Crippen LogP contribution in [0.25, 0.3) is 0 Å². The fourth-order valence-corrected chi connectivity index (χ4v) is 4.75. The molecule has 8 nitrogen and oxygen atoms in total. The number of hydrogen-bond donors (Lipinski definition) is 1. The van der Waals surface area contributed by atoms with Crippen LogP contribution in [-0.4, -0.2) is 57.2 Å².